The summed E-state index contributed by atoms with van der Waals surface area (Å²) >= 11 is 1.69. The molecule has 4 rings (SSSR count). The van der Waals surface area contributed by atoms with Gasteiger partial charge in [0.05, 0.1) is 17.1 Å². The van der Waals surface area contributed by atoms with Crippen LogP contribution in [0, 0.1) is 0 Å². The first-order chi connectivity index (χ1) is 11.8. The Morgan fingerprint density at radius 3 is 2.75 bits per heavy atom. The molecule has 0 atom stereocenters. The van der Waals surface area contributed by atoms with Crippen molar-refractivity contribution in [3.05, 3.63) is 42.7 Å². The van der Waals surface area contributed by atoms with E-state index < -0.39 is 0 Å². The molecule has 1 aliphatic heterocycles. The van der Waals surface area contributed by atoms with Gasteiger partial charge in [0.15, 0.2) is 5.13 Å². The molecule has 1 saturated heterocycles. The molecule has 8 heteroatoms. The minimum Gasteiger partial charge on any atom is -0.348 e. The van der Waals surface area contributed by atoms with Gasteiger partial charge < -0.3 is 10.2 Å². The van der Waals surface area contributed by atoms with E-state index in [-0.39, 0.29) is 11.9 Å². The number of carbonyl (C=O) groups is 1. The third-order valence-corrected chi connectivity index (χ3v) is 5.17. The highest BCUT2D eigenvalue weighted by atomic mass is 32.1. The zero-order chi connectivity index (χ0) is 16.4. The Hall–Kier alpha value is -2.61. The molecule has 4 heterocycles. The summed E-state index contributed by atoms with van der Waals surface area (Å²) in [5.41, 5.74) is 1.30. The first-order valence-corrected chi connectivity index (χ1v) is 8.63. The normalized spacial score (nSPS) is 15.6. The smallest absolute Gasteiger partial charge is 0.271 e. The van der Waals surface area contributed by atoms with E-state index in [4.69, 9.17) is 0 Å². The van der Waals surface area contributed by atoms with E-state index in [1.807, 2.05) is 6.07 Å². The molecule has 3 aromatic heterocycles. The van der Waals surface area contributed by atoms with E-state index in [1.165, 1.54) is 12.4 Å². The first kappa shape index (κ1) is 14.9. The Labute approximate surface area is 142 Å². The molecule has 0 aromatic carbocycles. The van der Waals surface area contributed by atoms with Crippen LogP contribution < -0.4 is 10.2 Å². The van der Waals surface area contributed by atoms with Gasteiger partial charge in [-0.25, -0.2) is 9.97 Å². The summed E-state index contributed by atoms with van der Waals surface area (Å²) in [5, 5.41) is 4.06. The third-order valence-electron chi connectivity index (χ3n) is 4.08. The molecule has 0 unspecified atom stereocenters. The van der Waals surface area contributed by atoms with Crippen molar-refractivity contribution in [1.29, 1.82) is 0 Å². The van der Waals surface area contributed by atoms with Crippen molar-refractivity contribution < 1.29 is 4.79 Å². The SMILES string of the molecule is O=C(NC1CCN(c2nc3cnccc3s2)CC1)c1cnccn1. The molecule has 1 fully saturated rings. The van der Waals surface area contributed by atoms with Crippen LogP contribution in [0.25, 0.3) is 10.2 Å². The number of piperidine rings is 1. The van der Waals surface area contributed by atoms with Crippen LogP contribution >= 0.6 is 11.3 Å². The molecule has 1 amide bonds. The number of nitrogens with zero attached hydrogens (tertiary/aromatic N) is 5. The second-order valence-electron chi connectivity index (χ2n) is 5.67. The van der Waals surface area contributed by atoms with E-state index in [9.17, 15) is 4.79 Å². The lowest BCUT2D eigenvalue weighted by molar-refractivity contribution is 0.0925. The Kier molecular flexibility index (Phi) is 4.04. The number of hydrogen-bond acceptors (Lipinski definition) is 7. The summed E-state index contributed by atoms with van der Waals surface area (Å²) in [6.45, 7) is 1.75. The second-order valence-corrected chi connectivity index (χ2v) is 6.67. The topological polar surface area (TPSA) is 83.9 Å². The number of rotatable bonds is 3. The third kappa shape index (κ3) is 3.05. The monoisotopic (exact) mass is 340 g/mol. The van der Waals surface area contributed by atoms with E-state index >= 15 is 0 Å². The molecule has 0 bridgehead atoms. The minimum absolute atomic E-state index is 0.159. The van der Waals surface area contributed by atoms with E-state index in [1.54, 1.807) is 29.9 Å². The lowest BCUT2D eigenvalue weighted by Gasteiger charge is -2.32. The number of anilines is 1. The average Bonchev–Trinajstić information content (AvgIpc) is 3.07. The van der Waals surface area contributed by atoms with Crippen LogP contribution in [-0.2, 0) is 0 Å². The highest BCUT2D eigenvalue weighted by Crippen LogP contribution is 2.29. The fourth-order valence-electron chi connectivity index (χ4n) is 2.79. The van der Waals surface area contributed by atoms with Crippen molar-refractivity contribution in [2.45, 2.75) is 18.9 Å². The van der Waals surface area contributed by atoms with Gasteiger partial charge in [-0.15, -0.1) is 0 Å². The van der Waals surface area contributed by atoms with Crippen molar-refractivity contribution in [2.24, 2.45) is 0 Å². The molecule has 0 spiro atoms. The van der Waals surface area contributed by atoms with Crippen molar-refractivity contribution in [3.8, 4) is 0 Å². The van der Waals surface area contributed by atoms with Crippen LogP contribution in [0.4, 0.5) is 5.13 Å². The number of aromatic nitrogens is 4. The van der Waals surface area contributed by atoms with E-state index in [2.05, 4.69) is 30.2 Å². The van der Waals surface area contributed by atoms with E-state index in [0.717, 1.165) is 41.3 Å². The largest absolute Gasteiger partial charge is 0.348 e. The van der Waals surface area contributed by atoms with Gasteiger partial charge in [-0.2, -0.15) is 0 Å². The molecule has 7 nitrogen and oxygen atoms in total. The summed E-state index contributed by atoms with van der Waals surface area (Å²) in [6.07, 6.45) is 9.93. The van der Waals surface area contributed by atoms with Gasteiger partial charge in [0.1, 0.15) is 11.2 Å². The number of thiazole rings is 1. The maximum absolute atomic E-state index is 12.1. The fraction of sp³-hybridized carbons (Fsp3) is 0.312. The predicted molar refractivity (Wildman–Crippen MR) is 92.1 cm³/mol. The van der Waals surface area contributed by atoms with Gasteiger partial charge >= 0.3 is 0 Å². The quantitative estimate of drug-likeness (QED) is 0.784. The molecule has 122 valence electrons. The second kappa shape index (κ2) is 6.48. The molecular weight excluding hydrogens is 324 g/mol. The Morgan fingerprint density at radius 2 is 2.00 bits per heavy atom. The zero-order valence-electron chi connectivity index (χ0n) is 12.9. The summed E-state index contributed by atoms with van der Waals surface area (Å²) in [4.78, 5) is 31.1. The highest BCUT2D eigenvalue weighted by molar-refractivity contribution is 7.22. The molecule has 0 saturated carbocycles. The minimum atomic E-state index is -0.160. The van der Waals surface area contributed by atoms with Gasteiger partial charge in [0.2, 0.25) is 0 Å². The van der Waals surface area contributed by atoms with Crippen LogP contribution in [0.5, 0.6) is 0 Å². The van der Waals surface area contributed by atoms with Crippen molar-refractivity contribution in [1.82, 2.24) is 25.3 Å². The summed E-state index contributed by atoms with van der Waals surface area (Å²) in [6, 6.07) is 2.15. The van der Waals surface area contributed by atoms with Gasteiger partial charge in [0, 0.05) is 37.7 Å². The summed E-state index contributed by atoms with van der Waals surface area (Å²) in [7, 11) is 0. The molecule has 24 heavy (non-hydrogen) atoms. The van der Waals surface area contributed by atoms with Crippen molar-refractivity contribution >= 4 is 32.6 Å². The van der Waals surface area contributed by atoms with Gasteiger partial charge in [-0.05, 0) is 18.9 Å². The first-order valence-electron chi connectivity index (χ1n) is 7.82. The van der Waals surface area contributed by atoms with E-state index in [0.29, 0.717) is 5.69 Å². The van der Waals surface area contributed by atoms with Gasteiger partial charge in [0.25, 0.3) is 5.91 Å². The maximum Gasteiger partial charge on any atom is 0.271 e. The Balaban J connectivity index is 1.37. The number of nitrogens with one attached hydrogen (secondary N) is 1. The lowest BCUT2D eigenvalue weighted by atomic mass is 10.1. The fourth-order valence-corrected chi connectivity index (χ4v) is 3.78. The standard InChI is InChI=1S/C16H16N6OS/c23-15(13-10-18-5-6-19-13)20-11-2-7-22(8-3-11)16-21-12-9-17-4-1-14(12)24-16/h1,4-6,9-11H,2-3,7-8H2,(H,20,23). The molecule has 1 N–H and O–H groups in total. The van der Waals surface area contributed by atoms with Crippen LogP contribution in [0.15, 0.2) is 37.1 Å². The maximum atomic E-state index is 12.1. The molecule has 1 aliphatic rings. The van der Waals surface area contributed by atoms with Gasteiger partial charge in [-0.1, -0.05) is 11.3 Å². The molecule has 3 aromatic rings. The number of pyridine rings is 1. The predicted octanol–water partition coefficient (Wildman–Crippen LogP) is 1.88. The number of amides is 1. The summed E-state index contributed by atoms with van der Waals surface area (Å²) < 4.78 is 1.15. The Morgan fingerprint density at radius 1 is 1.17 bits per heavy atom. The van der Waals surface area contributed by atoms with Crippen LogP contribution in [0.1, 0.15) is 23.3 Å². The zero-order valence-corrected chi connectivity index (χ0v) is 13.7. The van der Waals surface area contributed by atoms with Crippen molar-refractivity contribution in [2.75, 3.05) is 18.0 Å². The number of carbonyl (C=O) groups excluding carboxylic acids is 1. The average molecular weight is 340 g/mol. The Bertz CT molecular complexity index is 811. The van der Waals surface area contributed by atoms with Crippen LogP contribution in [0.2, 0.25) is 0 Å². The van der Waals surface area contributed by atoms with Crippen LogP contribution in [0.3, 0.4) is 0 Å². The molecule has 0 aliphatic carbocycles. The number of fused-ring (bicyclic) bond motifs is 1. The molecule has 0 radical (unpaired) electrons. The van der Waals surface area contributed by atoms with Crippen molar-refractivity contribution in [3.63, 3.8) is 0 Å². The number of hydrogen-bond donors (Lipinski definition) is 1. The summed E-state index contributed by atoms with van der Waals surface area (Å²) in [5.74, 6) is -0.160. The lowest BCUT2D eigenvalue weighted by Crippen LogP contribution is -2.44. The highest BCUT2D eigenvalue weighted by Gasteiger charge is 2.23. The van der Waals surface area contributed by atoms with Crippen LogP contribution in [-0.4, -0.2) is 45.0 Å². The van der Waals surface area contributed by atoms with Gasteiger partial charge in [-0.3, -0.25) is 14.8 Å². The molecular formula is C16H16N6OS.